The summed E-state index contributed by atoms with van der Waals surface area (Å²) < 4.78 is 0. The van der Waals surface area contributed by atoms with E-state index in [1.165, 1.54) is 10.6 Å². The van der Waals surface area contributed by atoms with Gasteiger partial charge < -0.3 is 0 Å². The fourth-order valence-electron chi connectivity index (χ4n) is 0.269. The normalized spacial score (nSPS) is 8.25. The summed E-state index contributed by atoms with van der Waals surface area (Å²) >= 11 is 0.726. The Kier molecular flexibility index (Phi) is 17.1. The standard InChI is InChI=1S/C4H12N2Se.Na/c5-1-3-7-4-2-6;/h1-6H2;. The van der Waals surface area contributed by atoms with Crippen molar-refractivity contribution < 1.29 is 0 Å². The largest absolute Gasteiger partial charge is 0 e. The molecule has 0 aromatic carbocycles. The average molecular weight is 190 g/mol. The Morgan fingerprint density at radius 3 is 1.62 bits per heavy atom. The zero-order chi connectivity index (χ0) is 5.54. The number of hydrogen-bond acceptors (Lipinski definition) is 2. The third-order valence-electron chi connectivity index (χ3n) is 0.524. The van der Waals surface area contributed by atoms with Gasteiger partial charge in [-0.25, -0.2) is 0 Å². The van der Waals surface area contributed by atoms with Gasteiger partial charge in [-0.2, -0.15) is 0 Å². The minimum atomic E-state index is 0. The molecule has 0 unspecified atom stereocenters. The quantitative estimate of drug-likeness (QED) is 0.444. The summed E-state index contributed by atoms with van der Waals surface area (Å²) in [5.74, 6) is 0. The molecule has 4 heteroatoms. The van der Waals surface area contributed by atoms with Gasteiger partial charge in [0.15, 0.2) is 0 Å². The zero-order valence-electron chi connectivity index (χ0n) is 5.39. The van der Waals surface area contributed by atoms with Crippen LogP contribution in [0.5, 0.6) is 0 Å². The van der Waals surface area contributed by atoms with Gasteiger partial charge in [-0.15, -0.1) is 0 Å². The van der Waals surface area contributed by atoms with Gasteiger partial charge in [-0.3, -0.25) is 0 Å². The number of hydrogen-bond donors (Lipinski definition) is 2. The summed E-state index contributed by atoms with van der Waals surface area (Å²) in [6.45, 7) is 1.67. The molecule has 0 heterocycles. The van der Waals surface area contributed by atoms with Gasteiger partial charge in [0.25, 0.3) is 0 Å². The van der Waals surface area contributed by atoms with Gasteiger partial charge in [0.05, 0.1) is 0 Å². The Morgan fingerprint density at radius 2 is 1.38 bits per heavy atom. The molecule has 4 N–H and O–H groups in total. The van der Waals surface area contributed by atoms with Crippen LogP contribution in [-0.2, 0) is 0 Å². The molecule has 0 aliphatic carbocycles. The van der Waals surface area contributed by atoms with E-state index in [2.05, 4.69) is 0 Å². The van der Waals surface area contributed by atoms with E-state index in [9.17, 15) is 0 Å². The molecule has 0 aromatic heterocycles. The zero-order valence-corrected chi connectivity index (χ0v) is 9.10. The smallest absolute Gasteiger partial charge is 0 e. The summed E-state index contributed by atoms with van der Waals surface area (Å²) in [7, 11) is 0. The predicted molar refractivity (Wildman–Crippen MR) is 39.2 cm³/mol. The van der Waals surface area contributed by atoms with Crippen molar-refractivity contribution in [3.8, 4) is 0 Å². The van der Waals surface area contributed by atoms with Gasteiger partial charge in [0.2, 0.25) is 0 Å². The van der Waals surface area contributed by atoms with Gasteiger partial charge in [-0.1, -0.05) is 0 Å². The van der Waals surface area contributed by atoms with Gasteiger partial charge in [0.1, 0.15) is 0 Å². The monoisotopic (exact) mass is 191 g/mol. The molecular weight excluding hydrogens is 178 g/mol. The first kappa shape index (κ1) is 12.1. The van der Waals surface area contributed by atoms with Crippen LogP contribution >= 0.6 is 0 Å². The Bertz CT molecular complexity index is 33.2. The molecule has 1 radical (unpaired) electrons. The molecule has 0 aromatic rings. The van der Waals surface area contributed by atoms with Crippen LogP contribution in [0.2, 0.25) is 10.6 Å². The first-order chi connectivity index (χ1) is 3.41. The summed E-state index contributed by atoms with van der Waals surface area (Å²) in [5, 5.41) is 2.37. The van der Waals surface area contributed by atoms with E-state index in [4.69, 9.17) is 11.5 Å². The van der Waals surface area contributed by atoms with Crippen molar-refractivity contribution in [3.05, 3.63) is 0 Å². The Labute approximate surface area is 79.2 Å². The van der Waals surface area contributed by atoms with Crippen molar-refractivity contribution in [1.82, 2.24) is 0 Å². The van der Waals surface area contributed by atoms with E-state index in [0.29, 0.717) is 0 Å². The molecule has 0 spiro atoms. The third-order valence-corrected chi connectivity index (χ3v) is 2.72. The van der Waals surface area contributed by atoms with Gasteiger partial charge in [-0.05, 0) is 0 Å². The van der Waals surface area contributed by atoms with Crippen LogP contribution in [0.15, 0.2) is 0 Å². The summed E-state index contributed by atoms with van der Waals surface area (Å²) in [6, 6.07) is 0. The minimum Gasteiger partial charge on any atom is 0 e. The predicted octanol–water partition coefficient (Wildman–Crippen LogP) is -0.936. The SMILES string of the molecule is NCC[Se]CCN.[Na]. The number of nitrogens with two attached hydrogens (primary N) is 2. The molecule has 0 rings (SSSR count). The second-order valence-corrected chi connectivity index (χ2v) is 3.76. The molecule has 0 aliphatic rings. The second-order valence-electron chi connectivity index (χ2n) is 1.19. The van der Waals surface area contributed by atoms with Crippen molar-refractivity contribution in [2.45, 2.75) is 10.6 Å². The van der Waals surface area contributed by atoms with E-state index >= 15 is 0 Å². The van der Waals surface area contributed by atoms with E-state index in [0.717, 1.165) is 28.0 Å². The maximum absolute atomic E-state index is 5.24. The van der Waals surface area contributed by atoms with Crippen LogP contribution in [0.1, 0.15) is 0 Å². The van der Waals surface area contributed by atoms with Crippen molar-refractivity contribution in [3.63, 3.8) is 0 Å². The van der Waals surface area contributed by atoms with Crippen LogP contribution in [0.4, 0.5) is 0 Å². The fraction of sp³-hybridized carbons (Fsp3) is 1.00. The molecular formula is C4H12N2NaSe. The first-order valence-corrected chi connectivity index (χ1v) is 4.82. The van der Waals surface area contributed by atoms with Crippen molar-refractivity contribution in [2.24, 2.45) is 11.5 Å². The molecule has 0 bridgehead atoms. The molecule has 0 saturated carbocycles. The Morgan fingerprint density at radius 1 is 1.00 bits per heavy atom. The van der Waals surface area contributed by atoms with Crippen LogP contribution in [0, 0.1) is 0 Å². The van der Waals surface area contributed by atoms with Crippen molar-refractivity contribution in [1.29, 1.82) is 0 Å². The van der Waals surface area contributed by atoms with E-state index in [-0.39, 0.29) is 29.6 Å². The third kappa shape index (κ3) is 10.4. The van der Waals surface area contributed by atoms with Crippen molar-refractivity contribution in [2.75, 3.05) is 13.1 Å². The molecule has 0 amide bonds. The second kappa shape index (κ2) is 11.3. The first-order valence-electron chi connectivity index (χ1n) is 2.39. The minimum absolute atomic E-state index is 0. The molecule has 2 nitrogen and oxygen atoms in total. The molecule has 0 atom stereocenters. The Hall–Kier alpha value is 1.44. The van der Waals surface area contributed by atoms with Gasteiger partial charge in [0, 0.05) is 29.6 Å². The van der Waals surface area contributed by atoms with Crippen LogP contribution in [0.25, 0.3) is 0 Å². The molecule has 0 aliphatic heterocycles. The van der Waals surface area contributed by atoms with Crippen LogP contribution < -0.4 is 11.5 Å². The van der Waals surface area contributed by atoms with E-state index in [1.54, 1.807) is 0 Å². The maximum Gasteiger partial charge on any atom is 0 e. The summed E-state index contributed by atoms with van der Waals surface area (Å²) in [4.78, 5) is 0. The Balaban J connectivity index is 0. The molecule has 45 valence electrons. The summed E-state index contributed by atoms with van der Waals surface area (Å²) in [6.07, 6.45) is 0. The van der Waals surface area contributed by atoms with Gasteiger partial charge >= 0.3 is 50.2 Å². The molecule has 0 saturated heterocycles. The van der Waals surface area contributed by atoms with E-state index < -0.39 is 0 Å². The maximum atomic E-state index is 5.24. The topological polar surface area (TPSA) is 52.0 Å². The number of rotatable bonds is 4. The summed E-state index contributed by atoms with van der Waals surface area (Å²) in [5.41, 5.74) is 10.5. The molecule has 8 heavy (non-hydrogen) atoms. The molecule has 0 fully saturated rings. The average Bonchev–Trinajstić information content (AvgIpc) is 1.69. The van der Waals surface area contributed by atoms with E-state index in [1.807, 2.05) is 0 Å². The van der Waals surface area contributed by atoms with Crippen LogP contribution in [-0.4, -0.2) is 57.6 Å². The fourth-order valence-corrected chi connectivity index (χ4v) is 1.40. The van der Waals surface area contributed by atoms with Crippen LogP contribution in [0.3, 0.4) is 0 Å². The van der Waals surface area contributed by atoms with Crippen molar-refractivity contribution >= 4 is 44.5 Å².